The van der Waals surface area contributed by atoms with Gasteiger partial charge in [0.25, 0.3) is 0 Å². The monoisotopic (exact) mass is 206 g/mol. The number of hydrogen-bond acceptors (Lipinski definition) is 2. The Hall–Kier alpha value is -0.860. The van der Waals surface area contributed by atoms with Gasteiger partial charge in [0.05, 0.1) is 0 Å². The first-order chi connectivity index (χ1) is 7.29. The molecule has 15 heavy (non-hydrogen) atoms. The van der Waals surface area contributed by atoms with E-state index in [9.17, 15) is 0 Å². The van der Waals surface area contributed by atoms with E-state index in [1.165, 1.54) is 12.0 Å². The van der Waals surface area contributed by atoms with Crippen LogP contribution in [0, 0.1) is 0 Å². The molecule has 0 saturated heterocycles. The van der Waals surface area contributed by atoms with E-state index < -0.39 is 0 Å². The molecule has 2 N–H and O–H groups in total. The van der Waals surface area contributed by atoms with Crippen LogP contribution in [0.1, 0.15) is 31.9 Å². The van der Waals surface area contributed by atoms with Gasteiger partial charge in [0.15, 0.2) is 0 Å². The van der Waals surface area contributed by atoms with Crippen LogP contribution in [0.4, 0.5) is 0 Å². The van der Waals surface area contributed by atoms with Crippen LogP contribution in [0.25, 0.3) is 0 Å². The van der Waals surface area contributed by atoms with E-state index >= 15 is 0 Å². The summed E-state index contributed by atoms with van der Waals surface area (Å²) in [5, 5.41) is 0. The smallest absolute Gasteiger partial charge is 0.0320 e. The van der Waals surface area contributed by atoms with Crippen molar-refractivity contribution in [2.75, 3.05) is 19.6 Å². The summed E-state index contributed by atoms with van der Waals surface area (Å²) in [4.78, 5) is 2.44. The number of benzene rings is 1. The molecule has 2 nitrogen and oxygen atoms in total. The lowest BCUT2D eigenvalue weighted by Gasteiger charge is -2.28. The van der Waals surface area contributed by atoms with Crippen molar-refractivity contribution >= 4 is 0 Å². The first kappa shape index (κ1) is 12.2. The Labute approximate surface area is 93.1 Å². The van der Waals surface area contributed by atoms with Gasteiger partial charge in [0, 0.05) is 19.1 Å². The first-order valence-electron chi connectivity index (χ1n) is 5.78. The number of rotatable bonds is 6. The molecule has 1 atom stereocenters. The highest BCUT2D eigenvalue weighted by Gasteiger charge is 2.13. The van der Waals surface area contributed by atoms with Crippen LogP contribution in [0.2, 0.25) is 0 Å². The summed E-state index contributed by atoms with van der Waals surface area (Å²) in [7, 11) is 0. The lowest BCUT2D eigenvalue weighted by Crippen LogP contribution is -2.32. The van der Waals surface area contributed by atoms with Crippen molar-refractivity contribution < 1.29 is 0 Å². The lowest BCUT2D eigenvalue weighted by molar-refractivity contribution is 0.217. The molecule has 0 bridgehead atoms. The van der Waals surface area contributed by atoms with Crippen molar-refractivity contribution in [3.05, 3.63) is 35.9 Å². The normalized spacial score (nSPS) is 13.1. The van der Waals surface area contributed by atoms with E-state index in [-0.39, 0.29) is 0 Å². The van der Waals surface area contributed by atoms with Gasteiger partial charge in [-0.15, -0.1) is 0 Å². The van der Waals surface area contributed by atoms with Crippen molar-refractivity contribution in [2.24, 2.45) is 5.73 Å². The molecular weight excluding hydrogens is 184 g/mol. The largest absolute Gasteiger partial charge is 0.329 e. The van der Waals surface area contributed by atoms with Crippen molar-refractivity contribution in [1.82, 2.24) is 4.90 Å². The molecule has 0 aliphatic carbocycles. The summed E-state index contributed by atoms with van der Waals surface area (Å²) in [5.74, 6) is 0. The second-order valence-electron chi connectivity index (χ2n) is 3.91. The molecule has 84 valence electrons. The van der Waals surface area contributed by atoms with E-state index in [4.69, 9.17) is 5.73 Å². The van der Waals surface area contributed by atoms with E-state index in [1.807, 2.05) is 0 Å². The summed E-state index contributed by atoms with van der Waals surface area (Å²) in [6.45, 7) is 7.29. The molecule has 0 aliphatic heterocycles. The zero-order valence-electron chi connectivity index (χ0n) is 9.82. The molecule has 1 unspecified atom stereocenters. The van der Waals surface area contributed by atoms with Gasteiger partial charge in [0.2, 0.25) is 0 Å². The molecule has 0 spiro atoms. The highest BCUT2D eigenvalue weighted by Crippen LogP contribution is 2.19. The van der Waals surface area contributed by atoms with Gasteiger partial charge in [-0.1, -0.05) is 37.3 Å². The molecule has 1 aromatic rings. The van der Waals surface area contributed by atoms with Crippen LogP contribution in [0.15, 0.2) is 30.3 Å². The van der Waals surface area contributed by atoms with Crippen molar-refractivity contribution in [3.63, 3.8) is 0 Å². The standard InChI is InChI=1S/C13H22N2/c1-3-10-15(11-9-14)12(2)13-7-5-4-6-8-13/h4-8,12H,3,9-11,14H2,1-2H3. The summed E-state index contributed by atoms with van der Waals surface area (Å²) < 4.78 is 0. The van der Waals surface area contributed by atoms with Gasteiger partial charge in [-0.3, -0.25) is 4.90 Å². The SMILES string of the molecule is CCCN(CCN)C(C)c1ccccc1. The van der Waals surface area contributed by atoms with Crippen LogP contribution in [-0.2, 0) is 0 Å². The molecule has 1 rings (SSSR count). The van der Waals surface area contributed by atoms with Crippen molar-refractivity contribution in [1.29, 1.82) is 0 Å². The number of hydrogen-bond donors (Lipinski definition) is 1. The molecule has 0 fully saturated rings. The lowest BCUT2D eigenvalue weighted by atomic mass is 10.1. The summed E-state index contributed by atoms with van der Waals surface area (Å²) in [6.07, 6.45) is 1.18. The van der Waals surface area contributed by atoms with Crippen molar-refractivity contribution in [2.45, 2.75) is 26.3 Å². The molecule has 0 saturated carbocycles. The fourth-order valence-electron chi connectivity index (χ4n) is 1.89. The zero-order chi connectivity index (χ0) is 11.1. The van der Waals surface area contributed by atoms with Gasteiger partial charge >= 0.3 is 0 Å². The Kier molecular flexibility index (Phi) is 5.37. The Morgan fingerprint density at radius 2 is 1.87 bits per heavy atom. The maximum Gasteiger partial charge on any atom is 0.0320 e. The minimum Gasteiger partial charge on any atom is -0.329 e. The average Bonchev–Trinajstić information content (AvgIpc) is 2.29. The molecule has 0 heterocycles. The maximum absolute atomic E-state index is 5.63. The molecule has 0 amide bonds. The van der Waals surface area contributed by atoms with Crippen LogP contribution in [-0.4, -0.2) is 24.5 Å². The molecule has 0 aliphatic rings. The third-order valence-corrected chi connectivity index (χ3v) is 2.76. The minimum absolute atomic E-state index is 0.467. The Morgan fingerprint density at radius 3 is 2.40 bits per heavy atom. The molecule has 1 aromatic carbocycles. The van der Waals surface area contributed by atoms with Crippen molar-refractivity contribution in [3.8, 4) is 0 Å². The zero-order valence-corrected chi connectivity index (χ0v) is 9.82. The second-order valence-corrected chi connectivity index (χ2v) is 3.91. The van der Waals surface area contributed by atoms with E-state index in [0.29, 0.717) is 6.04 Å². The molecule has 0 aromatic heterocycles. The second kappa shape index (κ2) is 6.59. The predicted molar refractivity (Wildman–Crippen MR) is 65.8 cm³/mol. The third-order valence-electron chi connectivity index (χ3n) is 2.76. The number of nitrogens with two attached hydrogens (primary N) is 1. The maximum atomic E-state index is 5.63. The van der Waals surface area contributed by atoms with Gasteiger partial charge in [-0.2, -0.15) is 0 Å². The molecule has 2 heteroatoms. The van der Waals surface area contributed by atoms with Gasteiger partial charge in [-0.25, -0.2) is 0 Å². The Balaban J connectivity index is 2.67. The average molecular weight is 206 g/mol. The fourth-order valence-corrected chi connectivity index (χ4v) is 1.89. The summed E-state index contributed by atoms with van der Waals surface area (Å²) in [5.41, 5.74) is 7.01. The first-order valence-corrected chi connectivity index (χ1v) is 5.78. The van der Waals surface area contributed by atoms with Crippen LogP contribution in [0.3, 0.4) is 0 Å². The fraction of sp³-hybridized carbons (Fsp3) is 0.538. The minimum atomic E-state index is 0.467. The number of nitrogens with zero attached hydrogens (tertiary/aromatic N) is 1. The quantitative estimate of drug-likeness (QED) is 0.774. The van der Waals surface area contributed by atoms with Gasteiger partial charge in [0.1, 0.15) is 0 Å². The van der Waals surface area contributed by atoms with E-state index in [1.54, 1.807) is 0 Å². The molecular formula is C13H22N2. The molecule has 0 radical (unpaired) electrons. The summed E-state index contributed by atoms with van der Waals surface area (Å²) in [6, 6.07) is 11.1. The Morgan fingerprint density at radius 1 is 1.20 bits per heavy atom. The van der Waals surface area contributed by atoms with Gasteiger partial charge < -0.3 is 5.73 Å². The summed E-state index contributed by atoms with van der Waals surface area (Å²) >= 11 is 0. The van der Waals surface area contributed by atoms with E-state index in [2.05, 4.69) is 49.1 Å². The topological polar surface area (TPSA) is 29.3 Å². The van der Waals surface area contributed by atoms with Gasteiger partial charge in [-0.05, 0) is 25.5 Å². The third kappa shape index (κ3) is 3.65. The van der Waals surface area contributed by atoms with Crippen LogP contribution < -0.4 is 5.73 Å². The van der Waals surface area contributed by atoms with Crippen LogP contribution >= 0.6 is 0 Å². The van der Waals surface area contributed by atoms with Crippen LogP contribution in [0.5, 0.6) is 0 Å². The van der Waals surface area contributed by atoms with E-state index in [0.717, 1.165) is 19.6 Å². The Bertz CT molecular complexity index is 252. The highest BCUT2D eigenvalue weighted by molar-refractivity contribution is 5.18. The predicted octanol–water partition coefficient (Wildman–Crippen LogP) is 2.42. The highest BCUT2D eigenvalue weighted by atomic mass is 15.2.